The second-order valence-corrected chi connectivity index (χ2v) is 4.41. The number of anilines is 1. The molecule has 2 rings (SSSR count). The van der Waals surface area contributed by atoms with E-state index in [4.69, 9.17) is 5.73 Å². The van der Waals surface area contributed by atoms with Crippen molar-refractivity contribution in [1.82, 2.24) is 15.2 Å². The summed E-state index contributed by atoms with van der Waals surface area (Å²) in [5.74, 6) is 0.538. The van der Waals surface area contributed by atoms with E-state index >= 15 is 0 Å². The Labute approximate surface area is 106 Å². The number of amides is 1. The second-order valence-electron chi connectivity index (χ2n) is 4.41. The van der Waals surface area contributed by atoms with E-state index in [1.54, 1.807) is 6.07 Å². The molecule has 0 bridgehead atoms. The Balaban J connectivity index is 1.84. The van der Waals surface area contributed by atoms with E-state index in [1.165, 1.54) is 7.11 Å². The van der Waals surface area contributed by atoms with Crippen molar-refractivity contribution < 1.29 is 9.53 Å². The Hall–Kier alpha value is -1.82. The molecular formula is C12H18N4O2. The van der Waals surface area contributed by atoms with Gasteiger partial charge in [0.2, 0.25) is 0 Å². The average molecular weight is 250 g/mol. The number of alkyl carbamates (subject to hydrolysis) is 1. The Bertz CT molecular complexity index is 424. The number of ether oxygens (including phenoxy) is 1. The van der Waals surface area contributed by atoms with Gasteiger partial charge < -0.3 is 15.8 Å². The summed E-state index contributed by atoms with van der Waals surface area (Å²) < 4.78 is 4.58. The molecule has 0 radical (unpaired) electrons. The third-order valence-corrected chi connectivity index (χ3v) is 2.99. The molecule has 1 aliphatic rings. The fourth-order valence-electron chi connectivity index (χ4n) is 2.13. The van der Waals surface area contributed by atoms with Crippen LogP contribution in [0.25, 0.3) is 0 Å². The number of nitrogens with two attached hydrogens (primary N) is 1. The number of nitrogen functional groups attached to an aromatic ring is 1. The zero-order valence-electron chi connectivity index (χ0n) is 10.4. The summed E-state index contributed by atoms with van der Waals surface area (Å²) in [5.41, 5.74) is 6.59. The Kier molecular flexibility index (Phi) is 3.99. The lowest BCUT2D eigenvalue weighted by Crippen LogP contribution is -2.36. The van der Waals surface area contributed by atoms with Crippen LogP contribution in [0, 0.1) is 0 Å². The highest BCUT2D eigenvalue weighted by Crippen LogP contribution is 2.13. The molecule has 6 heteroatoms. The van der Waals surface area contributed by atoms with Crippen LogP contribution in [0.1, 0.15) is 12.1 Å². The number of hydrogen-bond acceptors (Lipinski definition) is 5. The van der Waals surface area contributed by atoms with Gasteiger partial charge in [0, 0.05) is 25.7 Å². The highest BCUT2D eigenvalue weighted by Gasteiger charge is 2.24. The lowest BCUT2D eigenvalue weighted by molar-refractivity contribution is 0.166. The molecule has 1 fully saturated rings. The third kappa shape index (κ3) is 3.33. The second kappa shape index (κ2) is 5.68. The van der Waals surface area contributed by atoms with Crippen LogP contribution in [-0.4, -0.2) is 42.2 Å². The molecule has 6 nitrogen and oxygen atoms in total. The summed E-state index contributed by atoms with van der Waals surface area (Å²) >= 11 is 0. The maximum Gasteiger partial charge on any atom is 0.407 e. The smallest absolute Gasteiger partial charge is 0.407 e. The number of rotatable bonds is 3. The number of carbonyl (C=O) groups excluding carboxylic acids is 1. The lowest BCUT2D eigenvalue weighted by atomic mass is 10.3. The van der Waals surface area contributed by atoms with E-state index < -0.39 is 0 Å². The molecular weight excluding hydrogens is 232 g/mol. The zero-order valence-corrected chi connectivity index (χ0v) is 10.4. The van der Waals surface area contributed by atoms with Gasteiger partial charge in [-0.15, -0.1) is 0 Å². The first-order chi connectivity index (χ1) is 8.67. The van der Waals surface area contributed by atoms with E-state index in [1.807, 2.05) is 12.1 Å². The third-order valence-electron chi connectivity index (χ3n) is 2.99. The van der Waals surface area contributed by atoms with Crippen molar-refractivity contribution in [1.29, 1.82) is 0 Å². The minimum atomic E-state index is -0.371. The van der Waals surface area contributed by atoms with Gasteiger partial charge in [0.1, 0.15) is 5.82 Å². The van der Waals surface area contributed by atoms with Gasteiger partial charge in [-0.25, -0.2) is 9.78 Å². The van der Waals surface area contributed by atoms with Gasteiger partial charge in [0.05, 0.1) is 12.8 Å². The Morgan fingerprint density at radius 3 is 3.22 bits per heavy atom. The lowest BCUT2D eigenvalue weighted by Gasteiger charge is -2.16. The van der Waals surface area contributed by atoms with Gasteiger partial charge >= 0.3 is 6.09 Å². The summed E-state index contributed by atoms with van der Waals surface area (Å²) in [7, 11) is 1.37. The van der Waals surface area contributed by atoms with Crippen LogP contribution in [-0.2, 0) is 11.3 Å². The summed E-state index contributed by atoms with van der Waals surface area (Å²) in [4.78, 5) is 17.6. The topological polar surface area (TPSA) is 80.5 Å². The summed E-state index contributed by atoms with van der Waals surface area (Å²) in [5, 5.41) is 2.81. The monoisotopic (exact) mass is 250 g/mol. The number of methoxy groups -OCH3 is 1. The Morgan fingerprint density at radius 1 is 1.67 bits per heavy atom. The van der Waals surface area contributed by atoms with E-state index in [9.17, 15) is 4.79 Å². The van der Waals surface area contributed by atoms with Crippen molar-refractivity contribution >= 4 is 11.9 Å². The highest BCUT2D eigenvalue weighted by atomic mass is 16.5. The van der Waals surface area contributed by atoms with E-state index in [0.29, 0.717) is 5.82 Å². The first-order valence-electron chi connectivity index (χ1n) is 5.95. The molecule has 1 saturated heterocycles. The van der Waals surface area contributed by atoms with E-state index in [-0.39, 0.29) is 12.1 Å². The van der Waals surface area contributed by atoms with Crippen LogP contribution in [0.3, 0.4) is 0 Å². The minimum Gasteiger partial charge on any atom is -0.453 e. The van der Waals surface area contributed by atoms with Crippen molar-refractivity contribution in [2.75, 3.05) is 25.9 Å². The van der Waals surface area contributed by atoms with Gasteiger partial charge in [-0.3, -0.25) is 4.90 Å². The van der Waals surface area contributed by atoms with Gasteiger partial charge in [-0.05, 0) is 18.6 Å². The number of carbonyl (C=O) groups is 1. The number of pyridine rings is 1. The molecule has 1 atom stereocenters. The standard InChI is InChI=1S/C12H18N4O2/c1-18-12(17)15-10-5-6-16(8-10)7-9-3-2-4-11(13)14-9/h2-4,10H,5-8H2,1H3,(H2,13,14)(H,15,17). The quantitative estimate of drug-likeness (QED) is 0.821. The minimum absolute atomic E-state index is 0.151. The predicted octanol–water partition coefficient (Wildman–Crippen LogP) is 0.594. The van der Waals surface area contributed by atoms with Crippen molar-refractivity contribution in [2.45, 2.75) is 19.0 Å². The van der Waals surface area contributed by atoms with E-state index in [0.717, 1.165) is 31.7 Å². The molecule has 18 heavy (non-hydrogen) atoms. The van der Waals surface area contributed by atoms with Gasteiger partial charge in [-0.2, -0.15) is 0 Å². The normalized spacial score (nSPS) is 19.7. The van der Waals surface area contributed by atoms with Crippen molar-refractivity contribution in [2.24, 2.45) is 0 Å². The van der Waals surface area contributed by atoms with E-state index in [2.05, 4.69) is 19.9 Å². The summed E-state index contributed by atoms with van der Waals surface area (Å²) in [6.45, 7) is 2.50. The number of hydrogen-bond donors (Lipinski definition) is 2. The summed E-state index contributed by atoms with van der Waals surface area (Å²) in [6, 6.07) is 5.78. The fourth-order valence-corrected chi connectivity index (χ4v) is 2.13. The molecule has 1 aromatic heterocycles. The first kappa shape index (κ1) is 12.6. The molecule has 0 saturated carbocycles. The van der Waals surface area contributed by atoms with Crippen LogP contribution in [0.4, 0.5) is 10.6 Å². The number of likely N-dealkylation sites (tertiary alicyclic amines) is 1. The van der Waals surface area contributed by atoms with Crippen LogP contribution < -0.4 is 11.1 Å². The Morgan fingerprint density at radius 2 is 2.50 bits per heavy atom. The molecule has 1 aliphatic heterocycles. The van der Waals surface area contributed by atoms with Crippen molar-refractivity contribution in [3.8, 4) is 0 Å². The van der Waals surface area contributed by atoms with Crippen LogP contribution >= 0.6 is 0 Å². The molecule has 1 amide bonds. The molecule has 0 spiro atoms. The molecule has 0 aliphatic carbocycles. The van der Waals surface area contributed by atoms with Crippen molar-refractivity contribution in [3.63, 3.8) is 0 Å². The predicted molar refractivity (Wildman–Crippen MR) is 67.9 cm³/mol. The zero-order chi connectivity index (χ0) is 13.0. The van der Waals surface area contributed by atoms with Crippen LogP contribution in [0.15, 0.2) is 18.2 Å². The van der Waals surface area contributed by atoms with Crippen LogP contribution in [0.2, 0.25) is 0 Å². The van der Waals surface area contributed by atoms with Gasteiger partial charge in [-0.1, -0.05) is 6.07 Å². The molecule has 3 N–H and O–H groups in total. The largest absolute Gasteiger partial charge is 0.453 e. The SMILES string of the molecule is COC(=O)NC1CCN(Cc2cccc(N)n2)C1. The molecule has 2 heterocycles. The van der Waals surface area contributed by atoms with Gasteiger partial charge in [0.25, 0.3) is 0 Å². The highest BCUT2D eigenvalue weighted by molar-refractivity contribution is 5.67. The number of nitrogens with zero attached hydrogens (tertiary/aromatic N) is 2. The van der Waals surface area contributed by atoms with Crippen molar-refractivity contribution in [3.05, 3.63) is 23.9 Å². The van der Waals surface area contributed by atoms with Gasteiger partial charge in [0.15, 0.2) is 0 Å². The first-order valence-corrected chi connectivity index (χ1v) is 5.95. The average Bonchev–Trinajstić information content (AvgIpc) is 2.76. The molecule has 0 aromatic carbocycles. The van der Waals surface area contributed by atoms with Crippen LogP contribution in [0.5, 0.6) is 0 Å². The fraction of sp³-hybridized carbons (Fsp3) is 0.500. The number of nitrogens with one attached hydrogen (secondary N) is 1. The number of aromatic nitrogens is 1. The maximum absolute atomic E-state index is 11.1. The summed E-state index contributed by atoms with van der Waals surface area (Å²) in [6.07, 6.45) is 0.557. The maximum atomic E-state index is 11.1. The molecule has 1 aromatic rings. The molecule has 1 unspecified atom stereocenters. The molecule has 98 valence electrons.